The lowest BCUT2D eigenvalue weighted by atomic mass is 10.2. The summed E-state index contributed by atoms with van der Waals surface area (Å²) < 4.78 is 32.4. The first-order valence-corrected chi connectivity index (χ1v) is 11.3. The van der Waals surface area contributed by atoms with Crippen LogP contribution in [0.1, 0.15) is 32.4 Å². The fourth-order valence-corrected chi connectivity index (χ4v) is 4.93. The second-order valence-electron chi connectivity index (χ2n) is 6.80. The van der Waals surface area contributed by atoms with Gasteiger partial charge in [0.2, 0.25) is 15.9 Å². The first-order chi connectivity index (χ1) is 14.0. The number of nitrogens with one attached hydrogen (secondary N) is 1. The maximum atomic E-state index is 12.9. The van der Waals surface area contributed by atoms with E-state index in [0.29, 0.717) is 24.5 Å². The van der Waals surface area contributed by atoms with E-state index >= 15 is 0 Å². The van der Waals surface area contributed by atoms with E-state index in [4.69, 9.17) is 4.42 Å². The number of hydrogen-bond acceptors (Lipinski definition) is 5. The Kier molecular flexibility index (Phi) is 6.76. The number of sulfonamides is 1. The minimum absolute atomic E-state index is 0.175. The second kappa shape index (κ2) is 9.28. The molecule has 1 aliphatic rings. The Balaban J connectivity index is 1.92. The van der Waals surface area contributed by atoms with E-state index in [1.807, 2.05) is 13.8 Å². The van der Waals surface area contributed by atoms with Crippen LogP contribution in [0.25, 0.3) is 6.08 Å². The minimum Gasteiger partial charge on any atom is -0.465 e. The third kappa shape index (κ3) is 4.89. The SMILES string of the molecule is CCN(CC)S(=O)(=O)c1ccc(N2CCCC2)c(NC(=O)/C=C/c2ccco2)c1. The van der Waals surface area contributed by atoms with Crippen molar-refractivity contribution in [2.75, 3.05) is 36.4 Å². The summed E-state index contributed by atoms with van der Waals surface area (Å²) in [5.41, 5.74) is 1.33. The van der Waals surface area contributed by atoms with Gasteiger partial charge in [0.15, 0.2) is 0 Å². The van der Waals surface area contributed by atoms with Crippen LogP contribution < -0.4 is 10.2 Å². The summed E-state index contributed by atoms with van der Waals surface area (Å²) in [4.78, 5) is 14.8. The van der Waals surface area contributed by atoms with Crippen LogP contribution >= 0.6 is 0 Å². The Morgan fingerprint density at radius 3 is 2.55 bits per heavy atom. The van der Waals surface area contributed by atoms with Gasteiger partial charge in [-0.3, -0.25) is 4.79 Å². The van der Waals surface area contributed by atoms with Crippen molar-refractivity contribution in [3.63, 3.8) is 0 Å². The maximum Gasteiger partial charge on any atom is 0.248 e. The van der Waals surface area contributed by atoms with E-state index in [1.54, 1.807) is 36.4 Å². The molecule has 0 spiro atoms. The topological polar surface area (TPSA) is 82.9 Å². The van der Waals surface area contributed by atoms with Crippen LogP contribution in [0.2, 0.25) is 0 Å². The number of nitrogens with zero attached hydrogens (tertiary/aromatic N) is 2. The maximum absolute atomic E-state index is 12.9. The van der Waals surface area contributed by atoms with Crippen molar-refractivity contribution in [1.29, 1.82) is 0 Å². The second-order valence-corrected chi connectivity index (χ2v) is 8.74. The van der Waals surface area contributed by atoms with E-state index < -0.39 is 10.0 Å². The normalized spacial score (nSPS) is 14.8. The number of hydrogen-bond donors (Lipinski definition) is 1. The molecular weight excluding hydrogens is 390 g/mol. The fraction of sp³-hybridized carbons (Fsp3) is 0.381. The van der Waals surface area contributed by atoms with Crippen LogP contribution in [-0.2, 0) is 14.8 Å². The Morgan fingerprint density at radius 1 is 1.21 bits per heavy atom. The van der Waals surface area contributed by atoms with E-state index in [0.717, 1.165) is 31.6 Å². The molecule has 29 heavy (non-hydrogen) atoms. The molecule has 0 unspecified atom stereocenters. The molecule has 1 saturated heterocycles. The van der Waals surface area contributed by atoms with Crippen LogP contribution in [0.3, 0.4) is 0 Å². The molecule has 0 radical (unpaired) electrons. The van der Waals surface area contributed by atoms with Crippen LogP contribution in [0, 0.1) is 0 Å². The highest BCUT2D eigenvalue weighted by Gasteiger charge is 2.24. The first kappa shape index (κ1) is 21.1. The molecule has 1 amide bonds. The Labute approximate surface area is 172 Å². The Morgan fingerprint density at radius 2 is 1.93 bits per heavy atom. The molecule has 1 fully saturated rings. The van der Waals surface area contributed by atoms with Crippen LogP contribution in [-0.4, -0.2) is 44.8 Å². The van der Waals surface area contributed by atoms with Crippen molar-refractivity contribution in [1.82, 2.24) is 4.31 Å². The van der Waals surface area contributed by atoms with Gasteiger partial charge >= 0.3 is 0 Å². The predicted octanol–water partition coefficient (Wildman–Crippen LogP) is 3.56. The zero-order valence-corrected chi connectivity index (χ0v) is 17.6. The summed E-state index contributed by atoms with van der Waals surface area (Å²) in [7, 11) is -3.62. The van der Waals surface area contributed by atoms with Gasteiger partial charge in [0, 0.05) is 32.3 Å². The molecule has 156 valence electrons. The van der Waals surface area contributed by atoms with Crippen molar-refractivity contribution in [2.24, 2.45) is 0 Å². The molecule has 1 aromatic heterocycles. The van der Waals surface area contributed by atoms with Gasteiger partial charge in [0.05, 0.1) is 22.5 Å². The van der Waals surface area contributed by atoms with Gasteiger partial charge in [-0.05, 0) is 49.2 Å². The first-order valence-electron chi connectivity index (χ1n) is 9.87. The Hall–Kier alpha value is -2.58. The lowest BCUT2D eigenvalue weighted by Crippen LogP contribution is -2.31. The Bertz CT molecular complexity index is 958. The average Bonchev–Trinajstić information content (AvgIpc) is 3.41. The van der Waals surface area contributed by atoms with Gasteiger partial charge in [0.1, 0.15) is 5.76 Å². The summed E-state index contributed by atoms with van der Waals surface area (Å²) in [5, 5.41) is 2.85. The molecule has 1 N–H and O–H groups in total. The van der Waals surface area contributed by atoms with Gasteiger partial charge < -0.3 is 14.6 Å². The predicted molar refractivity (Wildman–Crippen MR) is 114 cm³/mol. The molecule has 0 aliphatic carbocycles. The van der Waals surface area contributed by atoms with E-state index in [1.165, 1.54) is 16.6 Å². The number of rotatable bonds is 8. The van der Waals surface area contributed by atoms with Crippen molar-refractivity contribution >= 4 is 33.4 Å². The lowest BCUT2D eigenvalue weighted by Gasteiger charge is -2.24. The number of carbonyl (C=O) groups excluding carboxylic acids is 1. The number of carbonyl (C=O) groups is 1. The summed E-state index contributed by atoms with van der Waals surface area (Å²) in [6, 6.07) is 8.45. The quantitative estimate of drug-likeness (QED) is 0.664. The summed E-state index contributed by atoms with van der Waals surface area (Å²) in [6.07, 6.45) is 6.63. The largest absolute Gasteiger partial charge is 0.465 e. The third-order valence-electron chi connectivity index (χ3n) is 4.96. The van der Waals surface area contributed by atoms with Crippen molar-refractivity contribution in [3.8, 4) is 0 Å². The van der Waals surface area contributed by atoms with Crippen LogP contribution in [0.5, 0.6) is 0 Å². The molecule has 7 nitrogen and oxygen atoms in total. The zero-order valence-electron chi connectivity index (χ0n) is 16.8. The molecule has 0 bridgehead atoms. The van der Waals surface area contributed by atoms with Gasteiger partial charge in [-0.1, -0.05) is 13.8 Å². The smallest absolute Gasteiger partial charge is 0.248 e. The zero-order chi connectivity index (χ0) is 20.9. The molecule has 1 aliphatic heterocycles. The summed E-state index contributed by atoms with van der Waals surface area (Å²) >= 11 is 0. The molecule has 0 saturated carbocycles. The number of amides is 1. The molecular formula is C21H27N3O4S. The van der Waals surface area contributed by atoms with E-state index in [2.05, 4.69) is 10.2 Å². The lowest BCUT2D eigenvalue weighted by molar-refractivity contribution is -0.111. The molecule has 2 heterocycles. The standard InChI is InChI=1S/C21H27N3O4S/c1-3-24(4-2)29(26,27)18-10-11-20(23-13-5-6-14-23)19(16-18)22-21(25)12-9-17-8-7-15-28-17/h7-12,15-16H,3-6,13-14H2,1-2H3,(H,22,25)/b12-9+. The highest BCUT2D eigenvalue weighted by Crippen LogP contribution is 2.32. The molecule has 1 aromatic carbocycles. The molecule has 3 rings (SSSR count). The van der Waals surface area contributed by atoms with Gasteiger partial charge in [-0.2, -0.15) is 4.31 Å². The molecule has 8 heteroatoms. The average molecular weight is 418 g/mol. The third-order valence-corrected chi connectivity index (χ3v) is 7.00. The molecule has 0 atom stereocenters. The van der Waals surface area contributed by atoms with Crippen LogP contribution in [0.4, 0.5) is 11.4 Å². The minimum atomic E-state index is -3.62. The number of benzene rings is 1. The fourth-order valence-electron chi connectivity index (χ4n) is 3.44. The van der Waals surface area contributed by atoms with Gasteiger partial charge in [-0.15, -0.1) is 0 Å². The van der Waals surface area contributed by atoms with Gasteiger partial charge in [-0.25, -0.2) is 8.42 Å². The van der Waals surface area contributed by atoms with Crippen molar-refractivity contribution < 1.29 is 17.6 Å². The highest BCUT2D eigenvalue weighted by atomic mass is 32.2. The van der Waals surface area contributed by atoms with E-state index in [9.17, 15) is 13.2 Å². The van der Waals surface area contributed by atoms with E-state index in [-0.39, 0.29) is 10.8 Å². The summed E-state index contributed by atoms with van der Waals surface area (Å²) in [6.45, 7) is 6.16. The van der Waals surface area contributed by atoms with Crippen molar-refractivity contribution in [3.05, 3.63) is 48.4 Å². The molecule has 2 aromatic rings. The highest BCUT2D eigenvalue weighted by molar-refractivity contribution is 7.89. The summed E-state index contributed by atoms with van der Waals surface area (Å²) in [5.74, 6) is 0.219. The van der Waals surface area contributed by atoms with Crippen molar-refractivity contribution in [2.45, 2.75) is 31.6 Å². The van der Waals surface area contributed by atoms with Gasteiger partial charge in [0.25, 0.3) is 0 Å². The number of anilines is 2. The monoisotopic (exact) mass is 417 g/mol. The van der Waals surface area contributed by atoms with Crippen LogP contribution in [0.15, 0.2) is 52.0 Å². The number of furan rings is 1.